The average molecular weight is 162 g/mol. The second-order valence-corrected chi connectivity index (χ2v) is 5.10. The van der Waals surface area contributed by atoms with Crippen molar-refractivity contribution in [1.29, 1.82) is 0 Å². The zero-order chi connectivity index (χ0) is 8.02. The van der Waals surface area contributed by atoms with E-state index < -0.39 is 0 Å². The second-order valence-electron chi connectivity index (χ2n) is 5.10. The molecule has 0 aromatic carbocycles. The highest BCUT2D eigenvalue weighted by Crippen LogP contribution is 2.58. The number of hydrogen-bond donors (Lipinski definition) is 0. The fourth-order valence-corrected chi connectivity index (χ4v) is 3.89. The van der Waals surface area contributed by atoms with Gasteiger partial charge in [0.2, 0.25) is 0 Å². The van der Waals surface area contributed by atoms with Crippen LogP contribution in [0, 0.1) is 17.3 Å². The summed E-state index contributed by atoms with van der Waals surface area (Å²) in [6.07, 6.45) is 15.5. The maximum Gasteiger partial charge on any atom is -0.00871 e. The number of hydrogen-bond acceptors (Lipinski definition) is 0. The molecule has 3 aliphatic rings. The molecule has 1 spiro atoms. The molecule has 0 saturated heterocycles. The van der Waals surface area contributed by atoms with Crippen molar-refractivity contribution in [2.75, 3.05) is 0 Å². The third kappa shape index (κ3) is 0.841. The van der Waals surface area contributed by atoms with Crippen LogP contribution in [0.1, 0.15) is 44.9 Å². The number of allylic oxidation sites excluding steroid dienone is 2. The van der Waals surface area contributed by atoms with E-state index in [1.54, 1.807) is 6.42 Å². The van der Waals surface area contributed by atoms with Gasteiger partial charge in [-0.15, -0.1) is 0 Å². The number of rotatable bonds is 0. The first-order valence-corrected chi connectivity index (χ1v) is 5.57. The predicted molar refractivity (Wildman–Crippen MR) is 50.9 cm³/mol. The Bertz CT molecular complexity index is 216. The van der Waals surface area contributed by atoms with Gasteiger partial charge in [-0.1, -0.05) is 18.6 Å². The summed E-state index contributed by atoms with van der Waals surface area (Å²) in [6, 6.07) is 0. The maximum atomic E-state index is 2.58. The summed E-state index contributed by atoms with van der Waals surface area (Å²) in [5.41, 5.74) is 0.709. The van der Waals surface area contributed by atoms with Crippen molar-refractivity contribution in [3.63, 3.8) is 0 Å². The van der Waals surface area contributed by atoms with Gasteiger partial charge < -0.3 is 0 Å². The Morgan fingerprint density at radius 3 is 3.08 bits per heavy atom. The lowest BCUT2D eigenvalue weighted by Gasteiger charge is -2.41. The molecule has 66 valence electrons. The summed E-state index contributed by atoms with van der Waals surface area (Å²) in [6.45, 7) is 0. The molecule has 0 radical (unpaired) electrons. The van der Waals surface area contributed by atoms with Gasteiger partial charge in [-0.2, -0.15) is 0 Å². The molecule has 0 aliphatic heterocycles. The molecule has 0 aromatic rings. The Balaban J connectivity index is 1.97. The molecule has 2 bridgehead atoms. The van der Waals surface area contributed by atoms with Crippen molar-refractivity contribution in [2.45, 2.75) is 44.9 Å². The van der Waals surface area contributed by atoms with Crippen LogP contribution in [0.5, 0.6) is 0 Å². The van der Waals surface area contributed by atoms with Gasteiger partial charge in [0.25, 0.3) is 0 Å². The molecule has 0 N–H and O–H groups in total. The van der Waals surface area contributed by atoms with E-state index in [1.807, 2.05) is 0 Å². The van der Waals surface area contributed by atoms with Crippen LogP contribution in [-0.4, -0.2) is 0 Å². The monoisotopic (exact) mass is 162 g/mol. The van der Waals surface area contributed by atoms with Gasteiger partial charge >= 0.3 is 0 Å². The third-order valence-electron chi connectivity index (χ3n) is 4.55. The van der Waals surface area contributed by atoms with Crippen molar-refractivity contribution < 1.29 is 0 Å². The largest absolute Gasteiger partial charge is 0.0880 e. The zero-order valence-electron chi connectivity index (χ0n) is 7.76. The summed E-state index contributed by atoms with van der Waals surface area (Å²) in [7, 11) is 0. The van der Waals surface area contributed by atoms with Gasteiger partial charge in [-0.25, -0.2) is 0 Å². The fourth-order valence-electron chi connectivity index (χ4n) is 3.89. The molecular weight excluding hydrogens is 144 g/mol. The van der Waals surface area contributed by atoms with Crippen LogP contribution < -0.4 is 0 Å². The average Bonchev–Trinajstić information content (AvgIpc) is 2.43. The minimum Gasteiger partial charge on any atom is -0.0880 e. The minimum absolute atomic E-state index is 0.709. The molecule has 2 saturated carbocycles. The number of fused-ring (bicyclic) bond motifs is 1. The summed E-state index contributed by atoms with van der Waals surface area (Å²) in [5, 5.41) is 0. The molecule has 0 heteroatoms. The lowest BCUT2D eigenvalue weighted by molar-refractivity contribution is 0.149. The highest BCUT2D eigenvalue weighted by molar-refractivity contribution is 5.12. The minimum atomic E-state index is 0.709. The third-order valence-corrected chi connectivity index (χ3v) is 4.55. The Morgan fingerprint density at radius 2 is 2.08 bits per heavy atom. The smallest absolute Gasteiger partial charge is 0.00871 e. The van der Waals surface area contributed by atoms with E-state index in [4.69, 9.17) is 0 Å². The summed E-state index contributed by atoms with van der Waals surface area (Å²) < 4.78 is 0. The normalized spacial score (nSPS) is 50.7. The van der Waals surface area contributed by atoms with Gasteiger partial charge in [0, 0.05) is 0 Å². The van der Waals surface area contributed by atoms with Gasteiger partial charge in [-0.05, 0) is 55.8 Å². The first-order valence-electron chi connectivity index (χ1n) is 5.57. The van der Waals surface area contributed by atoms with E-state index in [-0.39, 0.29) is 0 Å². The molecule has 0 amide bonds. The van der Waals surface area contributed by atoms with E-state index in [0.29, 0.717) is 5.41 Å². The highest BCUT2D eigenvalue weighted by atomic mass is 14.5. The van der Waals surface area contributed by atoms with Crippen LogP contribution in [0.4, 0.5) is 0 Å². The Morgan fingerprint density at radius 1 is 1.08 bits per heavy atom. The Labute approximate surface area is 75.0 Å². The standard InChI is InChI=1S/C12H18/c1-2-7-12-8-6-10(9-12)4-5-11(12)3-1/h2,7,10-11H,1,3-6,8-9H2. The molecule has 2 fully saturated rings. The van der Waals surface area contributed by atoms with Crippen molar-refractivity contribution in [3.8, 4) is 0 Å². The van der Waals surface area contributed by atoms with Crippen LogP contribution in [0.25, 0.3) is 0 Å². The molecule has 3 aliphatic carbocycles. The summed E-state index contributed by atoms with van der Waals surface area (Å²) in [5.74, 6) is 2.17. The van der Waals surface area contributed by atoms with E-state index in [0.717, 1.165) is 11.8 Å². The first-order chi connectivity index (χ1) is 5.89. The lowest BCUT2D eigenvalue weighted by atomic mass is 9.64. The molecule has 0 heterocycles. The van der Waals surface area contributed by atoms with Gasteiger partial charge in [0.05, 0.1) is 0 Å². The molecule has 3 atom stereocenters. The second kappa shape index (κ2) is 2.37. The first kappa shape index (κ1) is 7.17. The quantitative estimate of drug-likeness (QED) is 0.478. The SMILES string of the molecule is C1=CC23CCC(CCC2CC1)C3. The summed E-state index contributed by atoms with van der Waals surface area (Å²) >= 11 is 0. The molecule has 0 aromatic heterocycles. The van der Waals surface area contributed by atoms with Crippen LogP contribution in [0.2, 0.25) is 0 Å². The topological polar surface area (TPSA) is 0 Å². The molecule has 12 heavy (non-hydrogen) atoms. The summed E-state index contributed by atoms with van der Waals surface area (Å²) in [4.78, 5) is 0. The zero-order valence-corrected chi connectivity index (χ0v) is 7.76. The highest BCUT2D eigenvalue weighted by Gasteiger charge is 2.46. The Hall–Kier alpha value is -0.260. The molecule has 3 unspecified atom stereocenters. The molecule has 0 nitrogen and oxygen atoms in total. The van der Waals surface area contributed by atoms with Gasteiger partial charge in [-0.3, -0.25) is 0 Å². The van der Waals surface area contributed by atoms with Crippen LogP contribution in [-0.2, 0) is 0 Å². The van der Waals surface area contributed by atoms with Gasteiger partial charge in [0.15, 0.2) is 0 Å². The lowest BCUT2D eigenvalue weighted by Crippen LogP contribution is -2.31. The van der Waals surface area contributed by atoms with E-state index >= 15 is 0 Å². The van der Waals surface area contributed by atoms with Crippen LogP contribution in [0.3, 0.4) is 0 Å². The van der Waals surface area contributed by atoms with E-state index in [1.165, 1.54) is 38.5 Å². The van der Waals surface area contributed by atoms with Gasteiger partial charge in [0.1, 0.15) is 0 Å². The predicted octanol–water partition coefficient (Wildman–Crippen LogP) is 3.53. The van der Waals surface area contributed by atoms with Crippen molar-refractivity contribution in [3.05, 3.63) is 12.2 Å². The molecule has 3 rings (SSSR count). The molecular formula is C12H18. The van der Waals surface area contributed by atoms with Crippen LogP contribution >= 0.6 is 0 Å². The van der Waals surface area contributed by atoms with Crippen molar-refractivity contribution in [1.82, 2.24) is 0 Å². The van der Waals surface area contributed by atoms with Crippen molar-refractivity contribution in [2.24, 2.45) is 17.3 Å². The Kier molecular flexibility index (Phi) is 1.42. The fraction of sp³-hybridized carbons (Fsp3) is 0.833. The van der Waals surface area contributed by atoms with E-state index in [9.17, 15) is 0 Å². The van der Waals surface area contributed by atoms with E-state index in [2.05, 4.69) is 12.2 Å². The maximum absolute atomic E-state index is 2.58. The van der Waals surface area contributed by atoms with Crippen LogP contribution in [0.15, 0.2) is 12.2 Å². The van der Waals surface area contributed by atoms with Crippen molar-refractivity contribution >= 4 is 0 Å².